The average molecular weight is 652 g/mol. The Morgan fingerprint density at radius 3 is 2.46 bits per heavy atom. The van der Waals surface area contributed by atoms with Gasteiger partial charge in [-0.15, -0.1) is 0 Å². The fourth-order valence-electron chi connectivity index (χ4n) is 4.92. The summed E-state index contributed by atoms with van der Waals surface area (Å²) in [4.78, 5) is 42.5. The molecule has 2 aliphatic rings. The van der Waals surface area contributed by atoms with Gasteiger partial charge in [-0.3, -0.25) is 14.9 Å². The number of halogens is 2. The Morgan fingerprint density at radius 2 is 1.83 bits per heavy atom. The van der Waals surface area contributed by atoms with E-state index in [9.17, 15) is 18.8 Å². The highest BCUT2D eigenvalue weighted by Gasteiger charge is 2.31. The van der Waals surface area contributed by atoms with Crippen LogP contribution < -0.4 is 21.1 Å². The highest BCUT2D eigenvalue weighted by atomic mass is 35.5. The minimum atomic E-state index is -0.940. The summed E-state index contributed by atoms with van der Waals surface area (Å²) in [6.45, 7) is 5.88. The number of nitrogens with two attached hydrogens (primary N) is 1. The zero-order chi connectivity index (χ0) is 33.4. The molecule has 3 amide bonds. The molecule has 2 aromatic carbocycles. The number of carbonyl (C=O) groups is 3. The summed E-state index contributed by atoms with van der Waals surface area (Å²) in [5, 5.41) is 5.90. The summed E-state index contributed by atoms with van der Waals surface area (Å²) < 4.78 is 24.5. The van der Waals surface area contributed by atoms with Gasteiger partial charge in [-0.1, -0.05) is 41.9 Å². The third kappa shape index (κ3) is 9.04. The number of likely N-dealkylation sites (tertiary alicyclic amines) is 1. The molecular formula is C34H39ClFN5O5. The molecule has 10 nitrogen and oxygen atoms in total. The van der Waals surface area contributed by atoms with Crippen LogP contribution in [-0.2, 0) is 22.5 Å². The van der Waals surface area contributed by atoms with Crippen molar-refractivity contribution < 1.29 is 28.2 Å². The molecule has 1 fully saturated rings. The molecule has 3 aromatic rings. The maximum Gasteiger partial charge on any atom is 0.413 e. The maximum absolute atomic E-state index is 13.2. The smallest absolute Gasteiger partial charge is 0.413 e. The van der Waals surface area contributed by atoms with Gasteiger partial charge in [0.15, 0.2) is 0 Å². The second kappa shape index (κ2) is 15.2. The molecule has 4 N–H and O–H groups in total. The van der Waals surface area contributed by atoms with E-state index < -0.39 is 17.9 Å². The SMILES string of the molecule is CC(C)(C)OC(=O)Nc1ccc(CNC(=O)/C=C/CC2Cc3c(-c4ccc(C(=O)N5CC(F)C5)cc4)ccc(Cl)c3O2)cn1.CN. The van der Waals surface area contributed by atoms with Gasteiger partial charge in [0.25, 0.3) is 5.91 Å². The Balaban J connectivity index is 0.00000235. The van der Waals surface area contributed by atoms with E-state index in [-0.39, 0.29) is 37.6 Å². The number of benzene rings is 2. The molecule has 0 aliphatic carbocycles. The van der Waals surface area contributed by atoms with Gasteiger partial charge in [-0.2, -0.15) is 0 Å². The quantitative estimate of drug-likeness (QED) is 0.267. The van der Waals surface area contributed by atoms with Crippen molar-refractivity contribution >= 4 is 35.3 Å². The van der Waals surface area contributed by atoms with Crippen LogP contribution in [0.5, 0.6) is 5.75 Å². The lowest BCUT2D eigenvalue weighted by molar-refractivity contribution is -0.116. The lowest BCUT2D eigenvalue weighted by Crippen LogP contribution is -2.51. The van der Waals surface area contributed by atoms with Gasteiger partial charge in [-0.25, -0.2) is 14.2 Å². The summed E-state index contributed by atoms with van der Waals surface area (Å²) in [7, 11) is 1.50. The average Bonchev–Trinajstić information content (AvgIpc) is 3.44. The lowest BCUT2D eigenvalue weighted by atomic mass is 9.95. The van der Waals surface area contributed by atoms with E-state index >= 15 is 0 Å². The van der Waals surface area contributed by atoms with E-state index in [2.05, 4.69) is 21.4 Å². The molecule has 0 radical (unpaired) electrons. The molecule has 1 atom stereocenters. The summed E-state index contributed by atoms with van der Waals surface area (Å²) in [6, 6.07) is 14.4. The van der Waals surface area contributed by atoms with Crippen molar-refractivity contribution in [3.05, 3.63) is 88.6 Å². The fraction of sp³-hybridized carbons (Fsp3) is 0.353. The third-order valence-corrected chi connectivity index (χ3v) is 7.38. The van der Waals surface area contributed by atoms with Crippen LogP contribution in [0.4, 0.5) is 15.0 Å². The Hall–Kier alpha value is -4.48. The number of hydrogen-bond donors (Lipinski definition) is 3. The van der Waals surface area contributed by atoms with Crippen LogP contribution >= 0.6 is 11.6 Å². The van der Waals surface area contributed by atoms with Crippen molar-refractivity contribution in [2.75, 3.05) is 25.5 Å². The Kier molecular flexibility index (Phi) is 11.4. The first-order valence-corrected chi connectivity index (χ1v) is 15.3. The highest BCUT2D eigenvalue weighted by molar-refractivity contribution is 6.32. The molecule has 244 valence electrons. The zero-order valence-corrected chi connectivity index (χ0v) is 27.1. The van der Waals surface area contributed by atoms with Gasteiger partial charge in [0.05, 0.1) is 18.1 Å². The van der Waals surface area contributed by atoms with Crippen LogP contribution in [0.2, 0.25) is 5.02 Å². The number of hydrogen-bond acceptors (Lipinski definition) is 7. The second-order valence-electron chi connectivity index (χ2n) is 11.8. The number of carbonyl (C=O) groups excluding carboxylic acids is 3. The van der Waals surface area contributed by atoms with Crippen LogP contribution in [-0.4, -0.2) is 65.8 Å². The van der Waals surface area contributed by atoms with Gasteiger partial charge in [0, 0.05) is 36.7 Å². The van der Waals surface area contributed by atoms with Crippen molar-refractivity contribution in [2.45, 2.75) is 58.0 Å². The fourth-order valence-corrected chi connectivity index (χ4v) is 5.14. The first kappa shape index (κ1) is 34.4. The maximum atomic E-state index is 13.2. The van der Waals surface area contributed by atoms with E-state index in [0.717, 1.165) is 22.3 Å². The van der Waals surface area contributed by atoms with Crippen molar-refractivity contribution in [1.82, 2.24) is 15.2 Å². The predicted octanol–water partition coefficient (Wildman–Crippen LogP) is 5.68. The van der Waals surface area contributed by atoms with Crippen LogP contribution in [0.15, 0.2) is 66.9 Å². The molecule has 46 heavy (non-hydrogen) atoms. The molecule has 5 rings (SSSR count). The number of fused-ring (bicyclic) bond motifs is 1. The largest absolute Gasteiger partial charge is 0.488 e. The van der Waals surface area contributed by atoms with Crippen LogP contribution in [0.1, 0.15) is 48.7 Å². The Bertz CT molecular complexity index is 1570. The minimum Gasteiger partial charge on any atom is -0.488 e. The monoisotopic (exact) mass is 651 g/mol. The van der Waals surface area contributed by atoms with E-state index in [1.54, 1.807) is 63.4 Å². The van der Waals surface area contributed by atoms with Gasteiger partial charge in [0.1, 0.15) is 29.4 Å². The van der Waals surface area contributed by atoms with Crippen LogP contribution in [0, 0.1) is 0 Å². The molecule has 1 aromatic heterocycles. The number of rotatable bonds is 8. The Morgan fingerprint density at radius 1 is 1.11 bits per heavy atom. The number of nitrogens with one attached hydrogen (secondary N) is 2. The molecule has 12 heteroatoms. The number of alkyl halides is 1. The molecule has 3 heterocycles. The number of pyridine rings is 1. The standard InChI is InChI=1S/C33H34ClFN4O5.CH5N/c1-33(2,3)44-32(42)38-28-14-7-20(16-36-28)17-37-29(40)6-4-5-24-15-26-25(12-13-27(34)30(26)43-24)21-8-10-22(11-9-21)31(41)39-18-23(35)19-39;1-2/h4,6-14,16,23-24H,5,15,17-19H2,1-3H3,(H,37,40)(H,36,38,42);2H2,1H3/b6-4+;. The van der Waals surface area contributed by atoms with Gasteiger partial charge >= 0.3 is 6.09 Å². The molecule has 0 bridgehead atoms. The molecule has 2 aliphatic heterocycles. The molecule has 0 saturated carbocycles. The summed E-state index contributed by atoms with van der Waals surface area (Å²) >= 11 is 6.45. The van der Waals surface area contributed by atoms with Gasteiger partial charge < -0.3 is 25.4 Å². The summed E-state index contributed by atoms with van der Waals surface area (Å²) in [5.41, 5.74) is 8.03. The van der Waals surface area contributed by atoms with Gasteiger partial charge in [0.2, 0.25) is 5.91 Å². The van der Waals surface area contributed by atoms with Gasteiger partial charge in [-0.05, 0) is 74.9 Å². The van der Waals surface area contributed by atoms with E-state index in [4.69, 9.17) is 21.1 Å². The number of ether oxygens (including phenoxy) is 2. The molecular weight excluding hydrogens is 613 g/mol. The molecule has 0 spiro atoms. The number of aromatic nitrogens is 1. The van der Waals surface area contributed by atoms with Crippen molar-refractivity contribution in [2.24, 2.45) is 5.73 Å². The molecule has 1 unspecified atom stereocenters. The second-order valence-corrected chi connectivity index (χ2v) is 12.2. The number of anilines is 1. The first-order valence-electron chi connectivity index (χ1n) is 14.9. The zero-order valence-electron chi connectivity index (χ0n) is 26.3. The van der Waals surface area contributed by atoms with Crippen molar-refractivity contribution in [1.29, 1.82) is 0 Å². The van der Waals surface area contributed by atoms with E-state index in [1.165, 1.54) is 18.0 Å². The first-order chi connectivity index (χ1) is 21.9. The topological polar surface area (TPSA) is 136 Å². The van der Waals surface area contributed by atoms with Crippen LogP contribution in [0.3, 0.4) is 0 Å². The normalized spacial score (nSPS) is 15.6. The number of nitrogens with zero attached hydrogens (tertiary/aromatic N) is 2. The summed E-state index contributed by atoms with van der Waals surface area (Å²) in [5.74, 6) is 0.541. The summed E-state index contributed by atoms with van der Waals surface area (Å²) in [6.07, 6.45) is 4.20. The highest BCUT2D eigenvalue weighted by Crippen LogP contribution is 2.42. The number of amides is 3. The molecule has 1 saturated heterocycles. The predicted molar refractivity (Wildman–Crippen MR) is 176 cm³/mol. The van der Waals surface area contributed by atoms with E-state index in [1.807, 2.05) is 18.2 Å². The lowest BCUT2D eigenvalue weighted by Gasteiger charge is -2.34. The Labute approximate surface area is 273 Å². The minimum absolute atomic E-state index is 0.141. The van der Waals surface area contributed by atoms with E-state index in [0.29, 0.717) is 35.0 Å². The third-order valence-electron chi connectivity index (χ3n) is 7.08. The van der Waals surface area contributed by atoms with Crippen molar-refractivity contribution in [3.8, 4) is 16.9 Å². The van der Waals surface area contributed by atoms with Crippen molar-refractivity contribution in [3.63, 3.8) is 0 Å². The van der Waals surface area contributed by atoms with Crippen LogP contribution in [0.25, 0.3) is 11.1 Å².